The van der Waals surface area contributed by atoms with Gasteiger partial charge >= 0.3 is 0 Å². The molecule has 4 nitrogen and oxygen atoms in total. The van der Waals surface area contributed by atoms with E-state index >= 15 is 0 Å². The maximum Gasteiger partial charge on any atom is 0.195 e. The minimum atomic E-state index is 0.251. The molecular weight excluding hydrogens is 220 g/mol. The zero-order valence-corrected chi connectivity index (χ0v) is 10.1. The van der Waals surface area contributed by atoms with Gasteiger partial charge in [-0.3, -0.25) is 9.67 Å². The summed E-state index contributed by atoms with van der Waals surface area (Å²) in [6, 6.07) is 7.89. The average Bonchev–Trinajstić information content (AvgIpc) is 2.61. The third-order valence-electron chi connectivity index (χ3n) is 2.42. The molecule has 0 amide bonds. The van der Waals surface area contributed by atoms with Gasteiger partial charge in [-0.2, -0.15) is 5.10 Å². The lowest BCUT2D eigenvalue weighted by atomic mass is 10.1. The molecule has 0 fully saturated rings. The maximum atomic E-state index is 5.93. The van der Waals surface area contributed by atoms with Crippen molar-refractivity contribution in [3.05, 3.63) is 29.0 Å². The second-order valence-corrected chi connectivity index (χ2v) is 4.29. The Bertz CT molecular complexity index is 553. The van der Waals surface area contributed by atoms with Gasteiger partial charge in [0.15, 0.2) is 10.6 Å². The van der Waals surface area contributed by atoms with E-state index in [1.807, 2.05) is 28.8 Å². The molecule has 84 valence electrons. The van der Waals surface area contributed by atoms with Gasteiger partial charge in [-0.15, -0.1) is 0 Å². The highest BCUT2D eigenvalue weighted by molar-refractivity contribution is 7.71. The lowest BCUT2D eigenvalue weighted by Gasteiger charge is -2.11. The van der Waals surface area contributed by atoms with Crippen LogP contribution in [0.15, 0.2) is 24.3 Å². The van der Waals surface area contributed by atoms with Gasteiger partial charge in [-0.25, -0.2) is 0 Å². The molecule has 0 atom stereocenters. The van der Waals surface area contributed by atoms with E-state index in [0.29, 0.717) is 10.5 Å². The number of nitrogens with one attached hydrogen (secondary N) is 1. The van der Waals surface area contributed by atoms with Crippen LogP contribution in [0.5, 0.6) is 0 Å². The number of nitrogens with two attached hydrogens (primary N) is 1. The molecule has 2 rings (SSSR count). The van der Waals surface area contributed by atoms with Crippen molar-refractivity contribution < 1.29 is 0 Å². The number of hydrogen-bond acceptors (Lipinski definition) is 3. The number of nitrogen functional groups attached to an aromatic ring is 1. The molecule has 2 aromatic rings. The summed E-state index contributed by atoms with van der Waals surface area (Å²) < 4.78 is 2.58. The van der Waals surface area contributed by atoms with Crippen molar-refractivity contribution >= 4 is 17.9 Å². The number of H-pyrrole nitrogens is 1. The maximum absolute atomic E-state index is 5.93. The lowest BCUT2D eigenvalue weighted by Crippen LogP contribution is -2.04. The van der Waals surface area contributed by atoms with Gasteiger partial charge < -0.3 is 5.73 Å². The molecule has 0 saturated carbocycles. The van der Waals surface area contributed by atoms with E-state index in [0.717, 1.165) is 11.4 Å². The van der Waals surface area contributed by atoms with Crippen LogP contribution in [0.3, 0.4) is 0 Å². The molecule has 3 N–H and O–H groups in total. The summed E-state index contributed by atoms with van der Waals surface area (Å²) in [6.07, 6.45) is 0. The van der Waals surface area contributed by atoms with E-state index in [1.54, 1.807) is 0 Å². The van der Waals surface area contributed by atoms with Crippen LogP contribution in [0.25, 0.3) is 11.4 Å². The van der Waals surface area contributed by atoms with Crippen molar-refractivity contribution in [2.45, 2.75) is 19.9 Å². The van der Waals surface area contributed by atoms with E-state index in [-0.39, 0.29) is 6.04 Å². The van der Waals surface area contributed by atoms with Crippen LogP contribution >= 0.6 is 12.2 Å². The smallest absolute Gasteiger partial charge is 0.195 e. The highest BCUT2D eigenvalue weighted by Gasteiger charge is 2.12. The van der Waals surface area contributed by atoms with Gasteiger partial charge in [-0.1, -0.05) is 12.1 Å². The first-order valence-corrected chi connectivity index (χ1v) is 5.54. The van der Waals surface area contributed by atoms with E-state index in [9.17, 15) is 0 Å². The highest BCUT2D eigenvalue weighted by atomic mass is 32.1. The van der Waals surface area contributed by atoms with Crippen molar-refractivity contribution in [1.29, 1.82) is 0 Å². The number of anilines is 1. The van der Waals surface area contributed by atoms with Crippen molar-refractivity contribution in [1.82, 2.24) is 14.8 Å². The summed E-state index contributed by atoms with van der Waals surface area (Å²) in [5, 5.41) is 7.04. The van der Waals surface area contributed by atoms with Crippen LogP contribution in [-0.4, -0.2) is 14.8 Å². The fourth-order valence-corrected chi connectivity index (χ4v) is 2.02. The number of aromatic amines is 1. The fourth-order valence-electron chi connectivity index (χ4n) is 1.67. The lowest BCUT2D eigenvalue weighted by molar-refractivity contribution is 0.597. The molecule has 0 spiro atoms. The average molecular weight is 234 g/mol. The van der Waals surface area contributed by atoms with Crippen LogP contribution in [-0.2, 0) is 0 Å². The molecule has 1 aromatic carbocycles. The monoisotopic (exact) mass is 234 g/mol. The summed E-state index contributed by atoms with van der Waals surface area (Å²) in [6.45, 7) is 4.13. The van der Waals surface area contributed by atoms with E-state index < -0.39 is 0 Å². The zero-order chi connectivity index (χ0) is 11.7. The molecule has 0 saturated heterocycles. The minimum Gasteiger partial charge on any atom is -0.398 e. The topological polar surface area (TPSA) is 59.6 Å². The normalized spacial score (nSPS) is 10.9. The SMILES string of the molecule is CC(C)n1c(-c2ccccc2N)n[nH]c1=S. The fraction of sp³-hybridized carbons (Fsp3) is 0.273. The van der Waals surface area contributed by atoms with Crippen molar-refractivity contribution in [3.8, 4) is 11.4 Å². The number of aromatic nitrogens is 3. The molecule has 5 heteroatoms. The molecule has 0 bridgehead atoms. The Morgan fingerprint density at radius 2 is 2.06 bits per heavy atom. The predicted octanol–water partition coefficient (Wildman–Crippen LogP) is 2.77. The van der Waals surface area contributed by atoms with Crippen LogP contribution < -0.4 is 5.73 Å². The predicted molar refractivity (Wildman–Crippen MR) is 67.6 cm³/mol. The number of nitrogens with zero attached hydrogens (tertiary/aromatic N) is 2. The number of rotatable bonds is 2. The third kappa shape index (κ3) is 1.74. The number of hydrogen-bond donors (Lipinski definition) is 2. The highest BCUT2D eigenvalue weighted by Crippen LogP contribution is 2.25. The zero-order valence-electron chi connectivity index (χ0n) is 9.27. The molecule has 16 heavy (non-hydrogen) atoms. The summed E-state index contributed by atoms with van der Waals surface area (Å²) in [4.78, 5) is 0. The Labute approximate surface area is 99.1 Å². The molecule has 0 aliphatic heterocycles. The third-order valence-corrected chi connectivity index (χ3v) is 2.71. The second kappa shape index (κ2) is 4.09. The van der Waals surface area contributed by atoms with Gasteiger partial charge in [-0.05, 0) is 38.2 Å². The van der Waals surface area contributed by atoms with Crippen LogP contribution in [0.1, 0.15) is 19.9 Å². The molecule has 0 radical (unpaired) electrons. The van der Waals surface area contributed by atoms with Gasteiger partial charge in [0, 0.05) is 17.3 Å². The largest absolute Gasteiger partial charge is 0.398 e. The molecular formula is C11H14N4S. The van der Waals surface area contributed by atoms with E-state index in [1.165, 1.54) is 0 Å². The minimum absolute atomic E-state index is 0.251. The Kier molecular flexibility index (Phi) is 2.78. The standard InChI is InChI=1S/C11H14N4S/c1-7(2)15-10(13-14-11(15)16)8-5-3-4-6-9(8)12/h3-7H,12H2,1-2H3,(H,14,16). The molecule has 0 aliphatic carbocycles. The molecule has 1 heterocycles. The second-order valence-electron chi connectivity index (χ2n) is 3.90. The van der Waals surface area contributed by atoms with Crippen LogP contribution in [0.2, 0.25) is 0 Å². The van der Waals surface area contributed by atoms with Gasteiger partial charge in [0.25, 0.3) is 0 Å². The summed E-state index contributed by atoms with van der Waals surface area (Å²) in [5.74, 6) is 0.790. The summed E-state index contributed by atoms with van der Waals surface area (Å²) in [7, 11) is 0. The first kappa shape index (κ1) is 10.9. The Morgan fingerprint density at radius 1 is 1.38 bits per heavy atom. The summed E-state index contributed by atoms with van der Waals surface area (Å²) >= 11 is 5.20. The van der Waals surface area contributed by atoms with Crippen LogP contribution in [0.4, 0.5) is 5.69 Å². The van der Waals surface area contributed by atoms with Gasteiger partial charge in [0.05, 0.1) is 0 Å². The summed E-state index contributed by atoms with van der Waals surface area (Å²) in [5.41, 5.74) is 7.54. The quantitative estimate of drug-likeness (QED) is 0.620. The first-order valence-electron chi connectivity index (χ1n) is 5.13. The van der Waals surface area contributed by atoms with Crippen molar-refractivity contribution in [2.24, 2.45) is 0 Å². The Balaban J connectivity index is 2.66. The van der Waals surface area contributed by atoms with Crippen molar-refractivity contribution in [3.63, 3.8) is 0 Å². The first-order chi connectivity index (χ1) is 7.61. The molecule has 1 aromatic heterocycles. The van der Waals surface area contributed by atoms with Gasteiger partial charge in [0.2, 0.25) is 0 Å². The Hall–Kier alpha value is -1.62. The Morgan fingerprint density at radius 3 is 2.69 bits per heavy atom. The number of benzene rings is 1. The van der Waals surface area contributed by atoms with Crippen LogP contribution in [0, 0.1) is 4.77 Å². The van der Waals surface area contributed by atoms with E-state index in [4.69, 9.17) is 18.0 Å². The molecule has 0 aliphatic rings. The number of para-hydroxylation sites is 1. The van der Waals surface area contributed by atoms with Crippen molar-refractivity contribution in [2.75, 3.05) is 5.73 Å². The molecule has 0 unspecified atom stereocenters. The van der Waals surface area contributed by atoms with E-state index in [2.05, 4.69) is 24.0 Å². The van der Waals surface area contributed by atoms with Gasteiger partial charge in [0.1, 0.15) is 0 Å².